The highest BCUT2D eigenvalue weighted by Gasteiger charge is 2.51. The van der Waals surface area contributed by atoms with Gasteiger partial charge in [0.2, 0.25) is 0 Å². The zero-order valence-electron chi connectivity index (χ0n) is 13.1. The molecule has 1 rings (SSSR count). The number of aliphatic hydroxyl groups excluding tert-OH is 1. The molecule has 3 atom stereocenters. The van der Waals surface area contributed by atoms with Gasteiger partial charge in [0, 0.05) is 8.07 Å². The van der Waals surface area contributed by atoms with Crippen molar-refractivity contribution in [3.8, 4) is 0 Å². The quantitative estimate of drug-likeness (QED) is 0.726. The maximum absolute atomic E-state index is 10.6. The molecule has 0 aromatic carbocycles. The molecule has 0 heterocycles. The van der Waals surface area contributed by atoms with E-state index in [0.717, 1.165) is 0 Å². The molecule has 0 amide bonds. The summed E-state index contributed by atoms with van der Waals surface area (Å²) in [6.07, 6.45) is 1.06. The highest BCUT2D eigenvalue weighted by Crippen LogP contribution is 2.54. The fraction of sp³-hybridized carbons (Fsp3) is 1.00. The maximum atomic E-state index is 10.6. The van der Waals surface area contributed by atoms with Crippen LogP contribution >= 0.6 is 0 Å². The van der Waals surface area contributed by atoms with Gasteiger partial charge in [0.05, 0.1) is 6.10 Å². The van der Waals surface area contributed by atoms with Crippen LogP contribution in [0.25, 0.3) is 0 Å². The van der Waals surface area contributed by atoms with Crippen LogP contribution in [0, 0.1) is 22.7 Å². The van der Waals surface area contributed by atoms with Crippen molar-refractivity contribution in [2.45, 2.75) is 72.8 Å². The summed E-state index contributed by atoms with van der Waals surface area (Å²) in [4.78, 5) is 0. The first-order valence-electron chi connectivity index (χ1n) is 7.03. The fourth-order valence-corrected chi connectivity index (χ4v) is 5.47. The molecule has 0 aromatic heterocycles. The first kappa shape index (κ1) is 15.2. The monoisotopic (exact) mass is 256 g/mol. The molecule has 0 spiro atoms. The Morgan fingerprint density at radius 1 is 1.18 bits per heavy atom. The van der Waals surface area contributed by atoms with Crippen LogP contribution in [-0.4, -0.2) is 19.3 Å². The third-order valence-electron chi connectivity index (χ3n) is 4.43. The van der Waals surface area contributed by atoms with Crippen molar-refractivity contribution in [3.63, 3.8) is 0 Å². The summed E-state index contributed by atoms with van der Waals surface area (Å²) < 4.78 is 0. The van der Waals surface area contributed by atoms with Gasteiger partial charge in [-0.25, -0.2) is 0 Å². The topological polar surface area (TPSA) is 20.2 Å². The van der Waals surface area contributed by atoms with Gasteiger partial charge in [-0.2, -0.15) is 0 Å². The summed E-state index contributed by atoms with van der Waals surface area (Å²) in [6, 6.07) is 1.26. The van der Waals surface area contributed by atoms with Crippen LogP contribution in [0.5, 0.6) is 0 Å². The van der Waals surface area contributed by atoms with E-state index in [2.05, 4.69) is 54.3 Å². The summed E-state index contributed by atoms with van der Waals surface area (Å²) in [6.45, 7) is 18.7. The molecule has 1 aliphatic rings. The van der Waals surface area contributed by atoms with Crippen LogP contribution in [0.4, 0.5) is 0 Å². The molecule has 1 fully saturated rings. The Balaban J connectivity index is 2.97. The van der Waals surface area contributed by atoms with Gasteiger partial charge in [-0.1, -0.05) is 60.3 Å². The van der Waals surface area contributed by atoms with Crippen molar-refractivity contribution >= 4 is 8.07 Å². The highest BCUT2D eigenvalue weighted by atomic mass is 28.3. The van der Waals surface area contributed by atoms with Crippen LogP contribution in [0.1, 0.15) is 41.0 Å². The summed E-state index contributed by atoms with van der Waals surface area (Å²) >= 11 is 0. The van der Waals surface area contributed by atoms with Gasteiger partial charge in [-0.05, 0) is 29.1 Å². The average molecular weight is 257 g/mol. The SMILES string of the molecule is CC(C)(C)[C@@H]1CC(C)(C)[C@H](O)[C@@H]1C[Si](C)(C)C. The number of rotatable bonds is 2. The Labute approximate surface area is 109 Å². The molecule has 0 unspecified atom stereocenters. The smallest absolute Gasteiger partial charge is 0.0619 e. The molecule has 1 saturated carbocycles. The van der Waals surface area contributed by atoms with Gasteiger partial charge in [0.1, 0.15) is 0 Å². The van der Waals surface area contributed by atoms with Gasteiger partial charge in [0.25, 0.3) is 0 Å². The lowest BCUT2D eigenvalue weighted by Crippen LogP contribution is -2.36. The van der Waals surface area contributed by atoms with Crippen molar-refractivity contribution in [1.29, 1.82) is 0 Å². The van der Waals surface area contributed by atoms with Crippen LogP contribution in [0.3, 0.4) is 0 Å². The van der Waals surface area contributed by atoms with Gasteiger partial charge >= 0.3 is 0 Å². The number of aliphatic hydroxyl groups is 1. The molecule has 0 bridgehead atoms. The minimum atomic E-state index is -1.11. The van der Waals surface area contributed by atoms with Crippen LogP contribution < -0.4 is 0 Å². The second kappa shape index (κ2) is 4.38. The second-order valence-corrected chi connectivity index (χ2v) is 14.6. The third-order valence-corrected chi connectivity index (χ3v) is 6.13. The molecule has 102 valence electrons. The van der Waals surface area contributed by atoms with E-state index in [4.69, 9.17) is 0 Å². The molecule has 0 radical (unpaired) electrons. The Morgan fingerprint density at radius 2 is 1.65 bits per heavy atom. The Morgan fingerprint density at radius 3 is 2.00 bits per heavy atom. The zero-order chi connectivity index (χ0) is 13.6. The summed E-state index contributed by atoms with van der Waals surface area (Å²) in [5.74, 6) is 1.18. The lowest BCUT2D eigenvalue weighted by molar-refractivity contribution is 0.0428. The summed E-state index contributed by atoms with van der Waals surface area (Å²) in [7, 11) is -1.11. The standard InChI is InChI=1S/C15H32OSi/c1-14(2,3)12-9-15(4,5)13(16)11(12)10-17(6,7)8/h11-13,16H,9-10H2,1-8H3/t11-,12-,13-/m1/s1. The fourth-order valence-electron chi connectivity index (χ4n) is 3.55. The average Bonchev–Trinajstić information content (AvgIpc) is 2.25. The van der Waals surface area contributed by atoms with Gasteiger partial charge in [-0.3, -0.25) is 0 Å². The molecule has 0 saturated heterocycles. The van der Waals surface area contributed by atoms with E-state index in [-0.39, 0.29) is 11.5 Å². The van der Waals surface area contributed by atoms with Crippen molar-refractivity contribution in [2.75, 3.05) is 0 Å². The third kappa shape index (κ3) is 3.57. The van der Waals surface area contributed by atoms with E-state index in [0.29, 0.717) is 17.3 Å². The normalized spacial score (nSPS) is 34.1. The van der Waals surface area contributed by atoms with Crippen molar-refractivity contribution in [1.82, 2.24) is 0 Å². The van der Waals surface area contributed by atoms with Crippen molar-refractivity contribution < 1.29 is 5.11 Å². The molecule has 2 heteroatoms. The molecular weight excluding hydrogens is 224 g/mol. The van der Waals surface area contributed by atoms with Crippen LogP contribution in [0.2, 0.25) is 25.7 Å². The van der Waals surface area contributed by atoms with E-state index < -0.39 is 8.07 Å². The molecule has 0 aromatic rings. The minimum absolute atomic E-state index is 0.0995. The predicted octanol–water partition coefficient (Wildman–Crippen LogP) is 4.39. The van der Waals surface area contributed by atoms with Gasteiger partial charge in [0.15, 0.2) is 0 Å². The van der Waals surface area contributed by atoms with E-state index in [1.807, 2.05) is 0 Å². The van der Waals surface area contributed by atoms with Gasteiger partial charge in [-0.15, -0.1) is 0 Å². The van der Waals surface area contributed by atoms with Gasteiger partial charge < -0.3 is 5.11 Å². The summed E-state index contributed by atoms with van der Waals surface area (Å²) in [5.41, 5.74) is 0.418. The molecule has 1 aliphatic carbocycles. The largest absolute Gasteiger partial charge is 0.392 e. The van der Waals surface area contributed by atoms with E-state index >= 15 is 0 Å². The minimum Gasteiger partial charge on any atom is -0.392 e. The molecule has 0 aliphatic heterocycles. The lowest BCUT2D eigenvalue weighted by atomic mass is 9.74. The highest BCUT2D eigenvalue weighted by molar-refractivity contribution is 6.76. The number of hydrogen-bond donors (Lipinski definition) is 1. The van der Waals surface area contributed by atoms with E-state index in [1.165, 1.54) is 12.5 Å². The van der Waals surface area contributed by atoms with Crippen molar-refractivity contribution in [3.05, 3.63) is 0 Å². The lowest BCUT2D eigenvalue weighted by Gasteiger charge is -2.36. The number of hydrogen-bond acceptors (Lipinski definition) is 1. The Kier molecular flexibility index (Phi) is 3.92. The predicted molar refractivity (Wildman–Crippen MR) is 79.0 cm³/mol. The van der Waals surface area contributed by atoms with Crippen LogP contribution in [0.15, 0.2) is 0 Å². The first-order valence-corrected chi connectivity index (χ1v) is 10.7. The molecule has 1 nitrogen and oxygen atoms in total. The van der Waals surface area contributed by atoms with Crippen molar-refractivity contribution in [2.24, 2.45) is 22.7 Å². The zero-order valence-corrected chi connectivity index (χ0v) is 14.1. The van der Waals surface area contributed by atoms with E-state index in [1.54, 1.807) is 0 Å². The molecular formula is C15H32OSi. The molecule has 17 heavy (non-hydrogen) atoms. The second-order valence-electron chi connectivity index (χ2n) is 9.04. The first-order chi connectivity index (χ1) is 7.34. The summed E-state index contributed by atoms with van der Waals surface area (Å²) in [5, 5.41) is 10.6. The Hall–Kier alpha value is 0.177. The van der Waals surface area contributed by atoms with E-state index in [9.17, 15) is 5.11 Å². The maximum Gasteiger partial charge on any atom is 0.0619 e. The van der Waals surface area contributed by atoms with Crippen LogP contribution in [-0.2, 0) is 0 Å². The molecule has 1 N–H and O–H groups in total. The Bertz CT molecular complexity index is 270.